The van der Waals surface area contributed by atoms with Crippen molar-refractivity contribution >= 4 is 38.2 Å². The van der Waals surface area contributed by atoms with E-state index in [9.17, 15) is 14.7 Å². The number of aryl methyl sites for hydroxylation is 1. The highest BCUT2D eigenvalue weighted by molar-refractivity contribution is 6.26. The number of amides is 1. The molecule has 4 atom stereocenters. The average Bonchev–Trinajstić information content (AvgIpc) is 3.73. The molecule has 2 aliphatic rings. The van der Waals surface area contributed by atoms with Crippen LogP contribution in [0, 0.1) is 6.92 Å². The van der Waals surface area contributed by atoms with Crippen LogP contribution in [0.1, 0.15) is 38.8 Å². The topological polar surface area (TPSA) is 132 Å². The zero-order chi connectivity index (χ0) is 41.3. The van der Waals surface area contributed by atoms with Crippen molar-refractivity contribution in [2.45, 2.75) is 36.5 Å². The van der Waals surface area contributed by atoms with Gasteiger partial charge in [-0.05, 0) is 86.3 Å². The number of carbonyl (C=O) groups is 1. The molecule has 11 heteroatoms. The summed E-state index contributed by atoms with van der Waals surface area (Å²) < 4.78 is 26.4. The summed E-state index contributed by atoms with van der Waals surface area (Å²) in [5, 5.41) is 18.5. The molecule has 2 N–H and O–H groups in total. The molecule has 1 amide bonds. The van der Waals surface area contributed by atoms with Gasteiger partial charge in [-0.1, -0.05) is 103 Å². The van der Waals surface area contributed by atoms with Crippen molar-refractivity contribution in [3.8, 4) is 11.5 Å². The quantitative estimate of drug-likeness (QED) is 0.113. The normalized spacial score (nSPS) is 20.1. The Labute approximate surface area is 344 Å². The minimum atomic E-state index is -1.53. The number of methoxy groups -OCH3 is 2. The van der Waals surface area contributed by atoms with Crippen molar-refractivity contribution in [2.24, 2.45) is 0 Å². The van der Waals surface area contributed by atoms with E-state index in [4.69, 9.17) is 18.9 Å². The lowest BCUT2D eigenvalue weighted by molar-refractivity contribution is -0.174. The Morgan fingerprint density at radius 2 is 1.35 bits per heavy atom. The Bertz CT molecular complexity index is 2970. The molecule has 300 valence electrons. The maximum absolute atomic E-state index is 15.2. The Hall–Kier alpha value is -6.79. The van der Waals surface area contributed by atoms with E-state index >= 15 is 4.79 Å². The van der Waals surface area contributed by atoms with Gasteiger partial charge in [-0.2, -0.15) is 0 Å². The number of hydrogen-bond acceptors (Lipinski definition) is 8. The van der Waals surface area contributed by atoms with Crippen molar-refractivity contribution in [3.05, 3.63) is 188 Å². The second-order valence-electron chi connectivity index (χ2n) is 15.7. The van der Waals surface area contributed by atoms with Crippen LogP contribution in [0.15, 0.2) is 149 Å². The molecule has 2 fully saturated rings. The highest BCUT2D eigenvalue weighted by atomic mass is 16.6. The minimum absolute atomic E-state index is 0.0523. The summed E-state index contributed by atoms with van der Waals surface area (Å²) in [7, 11) is 3.21. The van der Waals surface area contributed by atoms with Gasteiger partial charge in [-0.3, -0.25) is 19.1 Å². The van der Waals surface area contributed by atoms with Crippen molar-refractivity contribution in [1.29, 1.82) is 0 Å². The number of carbonyl (C=O) groups excluding carboxylic acids is 1. The fourth-order valence-electron chi connectivity index (χ4n) is 9.45. The van der Waals surface area contributed by atoms with Gasteiger partial charge in [0.2, 0.25) is 0 Å². The van der Waals surface area contributed by atoms with E-state index < -0.39 is 40.8 Å². The maximum atomic E-state index is 15.2. The number of morpholine rings is 1. The summed E-state index contributed by atoms with van der Waals surface area (Å²) in [6, 6.07) is 42.0. The van der Waals surface area contributed by atoms with Crippen LogP contribution in [0.3, 0.4) is 0 Å². The van der Waals surface area contributed by atoms with Crippen molar-refractivity contribution in [2.75, 3.05) is 27.4 Å². The molecule has 11 nitrogen and oxygen atoms in total. The summed E-state index contributed by atoms with van der Waals surface area (Å²) in [6.07, 6.45) is -1.07. The number of nitrogens with zero attached hydrogens (tertiary/aromatic N) is 2. The highest BCUT2D eigenvalue weighted by Crippen LogP contribution is 2.50. The van der Waals surface area contributed by atoms with Gasteiger partial charge in [0.15, 0.2) is 6.23 Å². The summed E-state index contributed by atoms with van der Waals surface area (Å²) in [6.45, 7) is 1.32. The molecule has 0 spiro atoms. The summed E-state index contributed by atoms with van der Waals surface area (Å²) in [4.78, 5) is 45.3. The standard InChI is InChI=1S/C49H41N3O8/c1-29-26-51(47(56)50-44(29)54)46-42-43(53)48(60-46,27-52(42)45(55)39-25-15-32-13-12-30-8-7-9-31-14-24-38(39)41(32)40(30)31)28-59-49(33-10-5-4-6-11-33,34-16-20-36(57-2)21-17-34)35-18-22-37(58-3)23-19-35/h4-26,42-43,46,53H,27-28H2,1-3H3,(H,50,54,56)/t42-,43+,46-,48-/m1/s1. The van der Waals surface area contributed by atoms with E-state index in [0.29, 0.717) is 17.1 Å². The van der Waals surface area contributed by atoms with Gasteiger partial charge in [-0.15, -0.1) is 0 Å². The van der Waals surface area contributed by atoms with Crippen molar-refractivity contribution in [3.63, 3.8) is 0 Å². The Balaban J connectivity index is 1.12. The van der Waals surface area contributed by atoms with Gasteiger partial charge in [0, 0.05) is 17.3 Å². The number of fused-ring (bicyclic) bond motifs is 2. The zero-order valence-electron chi connectivity index (χ0n) is 33.1. The van der Waals surface area contributed by atoms with E-state index in [1.165, 1.54) is 10.8 Å². The number of aliphatic hydroxyl groups is 1. The van der Waals surface area contributed by atoms with E-state index in [0.717, 1.165) is 49.0 Å². The highest BCUT2D eigenvalue weighted by Gasteiger charge is 2.66. The van der Waals surface area contributed by atoms with Crippen molar-refractivity contribution < 1.29 is 28.8 Å². The first-order valence-corrected chi connectivity index (χ1v) is 19.8. The summed E-state index contributed by atoms with van der Waals surface area (Å²) >= 11 is 0. The number of nitrogens with one attached hydrogen (secondary N) is 1. The number of aromatic nitrogens is 2. The average molecular weight is 800 g/mol. The lowest BCUT2D eigenvalue weighted by atomic mass is 9.79. The minimum Gasteiger partial charge on any atom is -0.497 e. The van der Waals surface area contributed by atoms with Crippen LogP contribution in [-0.4, -0.2) is 70.6 Å². The fraction of sp³-hybridized carbons (Fsp3) is 0.204. The Morgan fingerprint density at radius 1 is 0.767 bits per heavy atom. The monoisotopic (exact) mass is 799 g/mol. The summed E-state index contributed by atoms with van der Waals surface area (Å²) in [5.74, 6) is 0.987. The molecule has 10 rings (SSSR count). The number of ether oxygens (including phenoxy) is 4. The molecule has 0 saturated carbocycles. The number of H-pyrrole nitrogens is 1. The molecular formula is C49H41N3O8. The number of likely N-dealkylation sites (tertiary alicyclic amines) is 1. The van der Waals surface area contributed by atoms with Gasteiger partial charge < -0.3 is 29.0 Å². The van der Waals surface area contributed by atoms with E-state index in [1.807, 2.05) is 109 Å². The van der Waals surface area contributed by atoms with Crippen LogP contribution in [0.5, 0.6) is 11.5 Å². The molecule has 2 saturated heterocycles. The van der Waals surface area contributed by atoms with Gasteiger partial charge in [0.25, 0.3) is 11.5 Å². The zero-order valence-corrected chi connectivity index (χ0v) is 33.1. The van der Waals surface area contributed by atoms with Crippen LogP contribution < -0.4 is 20.7 Å². The molecule has 0 aliphatic carbocycles. The van der Waals surface area contributed by atoms with Crippen LogP contribution >= 0.6 is 0 Å². The third-order valence-corrected chi connectivity index (χ3v) is 12.5. The van der Waals surface area contributed by atoms with Crippen LogP contribution in [0.25, 0.3) is 32.3 Å². The third kappa shape index (κ3) is 5.65. The predicted molar refractivity (Wildman–Crippen MR) is 228 cm³/mol. The molecule has 2 aliphatic heterocycles. The molecule has 60 heavy (non-hydrogen) atoms. The second-order valence-corrected chi connectivity index (χ2v) is 15.7. The third-order valence-electron chi connectivity index (χ3n) is 12.5. The molecule has 0 unspecified atom stereocenters. The Kier molecular flexibility index (Phi) is 8.87. The van der Waals surface area contributed by atoms with Crippen molar-refractivity contribution in [1.82, 2.24) is 14.5 Å². The van der Waals surface area contributed by atoms with E-state index in [2.05, 4.69) is 29.2 Å². The van der Waals surface area contributed by atoms with Gasteiger partial charge in [0.05, 0.1) is 27.4 Å². The molecule has 7 aromatic carbocycles. The van der Waals surface area contributed by atoms with Crippen LogP contribution in [0.4, 0.5) is 0 Å². The first kappa shape index (κ1) is 37.5. The first-order chi connectivity index (χ1) is 29.2. The van der Waals surface area contributed by atoms with E-state index in [1.54, 1.807) is 26.0 Å². The largest absolute Gasteiger partial charge is 0.497 e. The number of hydrogen-bond donors (Lipinski definition) is 2. The molecular weight excluding hydrogens is 759 g/mol. The second kappa shape index (κ2) is 14.2. The SMILES string of the molecule is COc1ccc(C(OC[C@@]23CN(C(=O)c4ccc5ccc6cccc7ccc4c5c67)[C@@H]([C@H](n4cc(C)c(=O)[nH]c4=O)O2)[C@@H]3O)(c2ccccc2)c2ccc(OC)cc2)cc1. The predicted octanol–water partition coefficient (Wildman–Crippen LogP) is 6.92. The number of rotatable bonds is 10. The molecule has 1 aromatic heterocycles. The molecule has 2 bridgehead atoms. The smallest absolute Gasteiger partial charge is 0.330 e. The summed E-state index contributed by atoms with van der Waals surface area (Å²) in [5.41, 5.74) is -1.01. The fourth-order valence-corrected chi connectivity index (χ4v) is 9.45. The lowest BCUT2D eigenvalue weighted by Crippen LogP contribution is -2.53. The molecule has 3 heterocycles. The maximum Gasteiger partial charge on any atom is 0.330 e. The lowest BCUT2D eigenvalue weighted by Gasteiger charge is -2.41. The Morgan fingerprint density at radius 3 is 1.98 bits per heavy atom. The number of benzene rings is 7. The van der Waals surface area contributed by atoms with E-state index in [-0.39, 0.29) is 24.6 Å². The van der Waals surface area contributed by atoms with Crippen LogP contribution in [-0.2, 0) is 15.1 Å². The van der Waals surface area contributed by atoms with Gasteiger partial charge in [-0.25, -0.2) is 4.79 Å². The van der Waals surface area contributed by atoms with Gasteiger partial charge in [0.1, 0.15) is 34.8 Å². The molecule has 0 radical (unpaired) electrons. The van der Waals surface area contributed by atoms with Gasteiger partial charge >= 0.3 is 5.69 Å². The number of aromatic amines is 1. The first-order valence-electron chi connectivity index (χ1n) is 19.8. The number of aliphatic hydroxyl groups excluding tert-OH is 1. The molecule has 8 aromatic rings. The van der Waals surface area contributed by atoms with Crippen LogP contribution in [0.2, 0.25) is 0 Å².